The summed E-state index contributed by atoms with van der Waals surface area (Å²) >= 11 is 0. The molecule has 4 heteroatoms. The Morgan fingerprint density at radius 1 is 0.970 bits per heavy atom. The zero-order chi connectivity index (χ0) is 22.6. The Hall–Kier alpha value is -2.33. The Morgan fingerprint density at radius 2 is 1.76 bits per heavy atom. The molecule has 0 radical (unpaired) electrons. The Morgan fingerprint density at radius 3 is 2.58 bits per heavy atom. The Bertz CT molecular complexity index is 948. The second-order valence-corrected chi connectivity index (χ2v) is 10.3. The van der Waals surface area contributed by atoms with Gasteiger partial charge in [-0.15, -0.1) is 0 Å². The van der Waals surface area contributed by atoms with Gasteiger partial charge in [0.1, 0.15) is 13.2 Å². The third-order valence-electron chi connectivity index (χ3n) is 7.99. The van der Waals surface area contributed by atoms with E-state index in [0.717, 1.165) is 48.9 Å². The van der Waals surface area contributed by atoms with Gasteiger partial charge in [-0.25, -0.2) is 0 Å². The smallest absolute Gasteiger partial charge is 0.164 e. The maximum atomic E-state index is 12.7. The molecule has 33 heavy (non-hydrogen) atoms. The van der Waals surface area contributed by atoms with E-state index < -0.39 is 0 Å². The van der Waals surface area contributed by atoms with Crippen molar-refractivity contribution in [2.24, 2.45) is 11.8 Å². The molecule has 5 rings (SSSR count). The number of ketones is 1. The number of Topliss-reactive ketones (excluding diaryl/α,β-unsaturated/α-hetero) is 1. The van der Waals surface area contributed by atoms with E-state index in [1.54, 1.807) is 0 Å². The molecule has 2 heterocycles. The molecular weight excluding hydrogens is 410 g/mol. The van der Waals surface area contributed by atoms with E-state index in [1.807, 2.05) is 6.07 Å². The number of fused-ring (bicyclic) bond motifs is 1. The molecule has 176 valence electrons. The summed E-state index contributed by atoms with van der Waals surface area (Å²) in [7, 11) is 0. The first-order chi connectivity index (χ1) is 16.2. The van der Waals surface area contributed by atoms with E-state index in [9.17, 15) is 4.79 Å². The van der Waals surface area contributed by atoms with Crippen LogP contribution in [0.1, 0.15) is 85.2 Å². The van der Waals surface area contributed by atoms with Crippen molar-refractivity contribution >= 4 is 5.78 Å². The molecule has 2 aliphatic heterocycles. The monoisotopic (exact) mass is 447 g/mol. The Kier molecular flexibility index (Phi) is 7.01. The fourth-order valence-corrected chi connectivity index (χ4v) is 6.11. The van der Waals surface area contributed by atoms with Crippen LogP contribution in [0.3, 0.4) is 0 Å². The van der Waals surface area contributed by atoms with E-state index in [-0.39, 0.29) is 0 Å². The number of carbonyl (C=O) groups is 1. The molecule has 2 aromatic rings. The number of piperidine rings is 1. The molecule has 0 amide bonds. The molecule has 2 fully saturated rings. The number of nitrogens with one attached hydrogen (secondary N) is 1. The average Bonchev–Trinajstić information content (AvgIpc) is 3.33. The average molecular weight is 448 g/mol. The molecule has 3 atom stereocenters. The second-order valence-electron chi connectivity index (χ2n) is 10.3. The van der Waals surface area contributed by atoms with Crippen molar-refractivity contribution in [1.82, 2.24) is 5.32 Å². The summed E-state index contributed by atoms with van der Waals surface area (Å²) in [5.41, 5.74) is 3.57. The van der Waals surface area contributed by atoms with Gasteiger partial charge in [0.25, 0.3) is 0 Å². The van der Waals surface area contributed by atoms with Crippen LogP contribution in [-0.2, 0) is 0 Å². The first kappa shape index (κ1) is 22.5. The van der Waals surface area contributed by atoms with Crippen molar-refractivity contribution in [1.29, 1.82) is 0 Å². The predicted molar refractivity (Wildman–Crippen MR) is 132 cm³/mol. The number of hydrogen-bond donors (Lipinski definition) is 1. The summed E-state index contributed by atoms with van der Waals surface area (Å²) in [6, 6.07) is 14.9. The van der Waals surface area contributed by atoms with Crippen LogP contribution in [-0.4, -0.2) is 32.1 Å². The fraction of sp³-hybridized carbons (Fsp3) is 0.552. The predicted octanol–water partition coefficient (Wildman–Crippen LogP) is 6.11. The molecule has 0 bridgehead atoms. The standard InChI is InChI=1S/C29H37NO3/c1-20(26-3-2-4-28-29(26)33-16-15-32-28)17-22-5-6-25(18-22)23-7-9-24(10-8-23)27(31)19-21-11-13-30-14-12-21/h2-4,7-10,20-22,25,30H,5-6,11-19H2,1H3/t20-,22?,25-/m0/s1. The van der Waals surface area contributed by atoms with E-state index in [1.165, 1.54) is 36.8 Å². The van der Waals surface area contributed by atoms with E-state index >= 15 is 0 Å². The lowest BCUT2D eigenvalue weighted by Gasteiger charge is -2.25. The number of rotatable bonds is 7. The number of ether oxygens (including phenoxy) is 2. The largest absolute Gasteiger partial charge is 0.486 e. The van der Waals surface area contributed by atoms with Gasteiger partial charge in [-0.2, -0.15) is 0 Å². The van der Waals surface area contributed by atoms with E-state index in [2.05, 4.69) is 48.6 Å². The molecule has 1 saturated heterocycles. The minimum Gasteiger partial charge on any atom is -0.486 e. The van der Waals surface area contributed by atoms with Crippen molar-refractivity contribution in [3.05, 3.63) is 59.2 Å². The van der Waals surface area contributed by atoms with Crippen LogP contribution in [0, 0.1) is 11.8 Å². The van der Waals surface area contributed by atoms with Crippen LogP contribution < -0.4 is 14.8 Å². The highest BCUT2D eigenvalue weighted by Crippen LogP contribution is 2.45. The Balaban J connectivity index is 1.16. The van der Waals surface area contributed by atoms with Crippen LogP contribution in [0.4, 0.5) is 0 Å². The van der Waals surface area contributed by atoms with Crippen LogP contribution in [0.15, 0.2) is 42.5 Å². The van der Waals surface area contributed by atoms with Gasteiger partial charge in [-0.3, -0.25) is 4.79 Å². The first-order valence-corrected chi connectivity index (χ1v) is 12.9. The van der Waals surface area contributed by atoms with Crippen molar-refractivity contribution in [2.45, 2.75) is 63.7 Å². The van der Waals surface area contributed by atoms with Gasteiger partial charge in [-0.1, -0.05) is 43.3 Å². The molecule has 2 aromatic carbocycles. The molecule has 1 unspecified atom stereocenters. The van der Waals surface area contributed by atoms with Gasteiger partial charge < -0.3 is 14.8 Å². The van der Waals surface area contributed by atoms with Crippen LogP contribution in [0.25, 0.3) is 0 Å². The van der Waals surface area contributed by atoms with Crippen LogP contribution >= 0.6 is 0 Å². The lowest BCUT2D eigenvalue weighted by molar-refractivity contribution is 0.0952. The summed E-state index contributed by atoms with van der Waals surface area (Å²) in [6.07, 6.45) is 7.88. The van der Waals surface area contributed by atoms with Gasteiger partial charge in [0, 0.05) is 17.5 Å². The number of benzene rings is 2. The topological polar surface area (TPSA) is 47.6 Å². The third kappa shape index (κ3) is 5.27. The molecular formula is C29H37NO3. The molecule has 4 nitrogen and oxygen atoms in total. The highest BCUT2D eigenvalue weighted by atomic mass is 16.6. The maximum Gasteiger partial charge on any atom is 0.164 e. The molecule has 0 aromatic heterocycles. The molecule has 1 N–H and O–H groups in total. The zero-order valence-electron chi connectivity index (χ0n) is 19.9. The number of hydrogen-bond acceptors (Lipinski definition) is 4. The van der Waals surface area contributed by atoms with E-state index in [0.29, 0.717) is 43.2 Å². The second kappa shape index (κ2) is 10.3. The minimum atomic E-state index is 0.309. The first-order valence-electron chi connectivity index (χ1n) is 12.9. The third-order valence-corrected chi connectivity index (χ3v) is 7.99. The molecule has 1 saturated carbocycles. The summed E-state index contributed by atoms with van der Waals surface area (Å²) < 4.78 is 11.7. The molecule has 0 spiro atoms. The van der Waals surface area contributed by atoms with Crippen molar-refractivity contribution in [3.8, 4) is 11.5 Å². The van der Waals surface area contributed by atoms with E-state index in [4.69, 9.17) is 9.47 Å². The van der Waals surface area contributed by atoms with Gasteiger partial charge in [0.2, 0.25) is 0 Å². The van der Waals surface area contributed by atoms with Gasteiger partial charge in [-0.05, 0) is 86.9 Å². The highest BCUT2D eigenvalue weighted by Gasteiger charge is 2.29. The SMILES string of the molecule is C[C@@H](CC1CC[C@H](c2ccc(C(=O)CC3CCNCC3)cc2)C1)c1cccc2c1OCCO2. The van der Waals surface area contributed by atoms with Crippen LogP contribution in [0.5, 0.6) is 11.5 Å². The summed E-state index contributed by atoms with van der Waals surface area (Å²) in [4.78, 5) is 12.7. The molecule has 3 aliphatic rings. The van der Waals surface area contributed by atoms with Crippen molar-refractivity contribution in [2.75, 3.05) is 26.3 Å². The van der Waals surface area contributed by atoms with Crippen molar-refractivity contribution < 1.29 is 14.3 Å². The lowest BCUT2D eigenvalue weighted by atomic mass is 9.87. The highest BCUT2D eigenvalue weighted by molar-refractivity contribution is 5.96. The quantitative estimate of drug-likeness (QED) is 0.521. The van der Waals surface area contributed by atoms with Crippen molar-refractivity contribution in [3.63, 3.8) is 0 Å². The number of para-hydroxylation sites is 1. The Labute approximate surface area is 198 Å². The summed E-state index contributed by atoms with van der Waals surface area (Å²) in [5.74, 6) is 4.50. The summed E-state index contributed by atoms with van der Waals surface area (Å²) in [6.45, 7) is 5.69. The zero-order valence-corrected chi connectivity index (χ0v) is 19.9. The van der Waals surface area contributed by atoms with Gasteiger partial charge in [0.05, 0.1) is 0 Å². The van der Waals surface area contributed by atoms with Gasteiger partial charge in [0.15, 0.2) is 17.3 Å². The lowest BCUT2D eigenvalue weighted by Crippen LogP contribution is -2.28. The molecule has 1 aliphatic carbocycles. The number of carbonyl (C=O) groups excluding carboxylic acids is 1. The fourth-order valence-electron chi connectivity index (χ4n) is 6.11. The van der Waals surface area contributed by atoms with Crippen LogP contribution in [0.2, 0.25) is 0 Å². The summed E-state index contributed by atoms with van der Waals surface area (Å²) in [5, 5.41) is 3.38. The minimum absolute atomic E-state index is 0.309. The normalized spacial score (nSPS) is 23.9. The maximum absolute atomic E-state index is 12.7. The van der Waals surface area contributed by atoms with Gasteiger partial charge >= 0.3 is 0 Å².